The van der Waals surface area contributed by atoms with E-state index in [0.717, 1.165) is 17.0 Å². The molecule has 7 heteroatoms. The van der Waals surface area contributed by atoms with Crippen LogP contribution in [0.4, 0.5) is 0 Å². The van der Waals surface area contributed by atoms with Gasteiger partial charge in [0.1, 0.15) is 0 Å². The molecule has 2 aromatic rings. The summed E-state index contributed by atoms with van der Waals surface area (Å²) in [6, 6.07) is 6.71. The zero-order chi connectivity index (χ0) is 16.6. The number of nitrogens with one attached hydrogen (secondary N) is 1. The van der Waals surface area contributed by atoms with Crippen molar-refractivity contribution in [3.63, 3.8) is 0 Å². The van der Waals surface area contributed by atoms with Crippen LogP contribution in [0, 0.1) is 13.8 Å². The van der Waals surface area contributed by atoms with E-state index in [1.165, 1.54) is 12.1 Å². The van der Waals surface area contributed by atoms with Crippen LogP contribution >= 0.6 is 0 Å². The number of aromatic nitrogens is 1. The van der Waals surface area contributed by atoms with Gasteiger partial charge in [0.25, 0.3) is 0 Å². The molecule has 1 aliphatic rings. The SMILES string of the molecule is Cc1cc(CCNS(=O)(=O)c2ccc3c(c2)OCO3)c(C)n1C. The fraction of sp³-hybridized carbons (Fsp3) is 0.375. The third kappa shape index (κ3) is 3.07. The first-order valence-corrected chi connectivity index (χ1v) is 8.88. The van der Waals surface area contributed by atoms with Crippen molar-refractivity contribution in [2.24, 2.45) is 7.05 Å². The monoisotopic (exact) mass is 336 g/mol. The van der Waals surface area contributed by atoms with Gasteiger partial charge in [0.15, 0.2) is 11.5 Å². The summed E-state index contributed by atoms with van der Waals surface area (Å²) in [5.74, 6) is 1.03. The van der Waals surface area contributed by atoms with Crippen molar-refractivity contribution < 1.29 is 17.9 Å². The summed E-state index contributed by atoms with van der Waals surface area (Å²) in [6.07, 6.45) is 0.650. The highest BCUT2D eigenvalue weighted by atomic mass is 32.2. The van der Waals surface area contributed by atoms with Gasteiger partial charge in [-0.1, -0.05) is 0 Å². The van der Waals surface area contributed by atoms with Crippen LogP contribution in [-0.2, 0) is 23.5 Å². The predicted molar refractivity (Wildman–Crippen MR) is 86.3 cm³/mol. The minimum atomic E-state index is -3.56. The van der Waals surface area contributed by atoms with Gasteiger partial charge in [-0.3, -0.25) is 0 Å². The van der Waals surface area contributed by atoms with E-state index in [2.05, 4.69) is 15.4 Å². The Kier molecular flexibility index (Phi) is 4.08. The second-order valence-electron chi connectivity index (χ2n) is 5.62. The molecule has 0 saturated heterocycles. The molecule has 0 bridgehead atoms. The van der Waals surface area contributed by atoms with Crippen molar-refractivity contribution in [2.45, 2.75) is 25.2 Å². The van der Waals surface area contributed by atoms with Gasteiger partial charge in [-0.05, 0) is 44.0 Å². The number of ether oxygens (including phenoxy) is 2. The quantitative estimate of drug-likeness (QED) is 0.905. The van der Waals surface area contributed by atoms with E-state index in [1.807, 2.05) is 20.9 Å². The van der Waals surface area contributed by atoms with Gasteiger partial charge in [-0.25, -0.2) is 13.1 Å². The molecular formula is C16H20N2O4S. The summed E-state index contributed by atoms with van der Waals surface area (Å²) < 4.78 is 39.9. The van der Waals surface area contributed by atoms with E-state index < -0.39 is 10.0 Å². The van der Waals surface area contributed by atoms with Crippen LogP contribution in [0.3, 0.4) is 0 Å². The van der Waals surface area contributed by atoms with Gasteiger partial charge < -0.3 is 14.0 Å². The molecule has 23 heavy (non-hydrogen) atoms. The summed E-state index contributed by atoms with van der Waals surface area (Å²) in [5.41, 5.74) is 3.47. The maximum atomic E-state index is 12.4. The molecule has 1 aliphatic heterocycles. The third-order valence-electron chi connectivity index (χ3n) is 4.22. The summed E-state index contributed by atoms with van der Waals surface area (Å²) in [7, 11) is -1.56. The van der Waals surface area contributed by atoms with Gasteiger partial charge in [-0.2, -0.15) is 0 Å². The van der Waals surface area contributed by atoms with Gasteiger partial charge >= 0.3 is 0 Å². The van der Waals surface area contributed by atoms with E-state index in [9.17, 15) is 8.42 Å². The average molecular weight is 336 g/mol. The number of rotatable bonds is 5. The molecule has 6 nitrogen and oxygen atoms in total. The van der Waals surface area contributed by atoms with E-state index in [4.69, 9.17) is 9.47 Å². The van der Waals surface area contributed by atoms with Crippen molar-refractivity contribution in [1.82, 2.24) is 9.29 Å². The highest BCUT2D eigenvalue weighted by Crippen LogP contribution is 2.33. The molecule has 0 radical (unpaired) electrons. The smallest absolute Gasteiger partial charge is 0.240 e. The number of nitrogens with zero attached hydrogens (tertiary/aromatic N) is 1. The Bertz CT molecular complexity index is 840. The first-order valence-electron chi connectivity index (χ1n) is 7.39. The number of hydrogen-bond donors (Lipinski definition) is 1. The van der Waals surface area contributed by atoms with Gasteiger partial charge in [0.2, 0.25) is 16.8 Å². The number of sulfonamides is 1. The molecule has 2 heterocycles. The van der Waals surface area contributed by atoms with Gasteiger partial charge in [0.05, 0.1) is 4.90 Å². The van der Waals surface area contributed by atoms with Crippen molar-refractivity contribution >= 4 is 10.0 Å². The number of fused-ring (bicyclic) bond motifs is 1. The molecule has 0 saturated carbocycles. The lowest BCUT2D eigenvalue weighted by Crippen LogP contribution is -2.26. The van der Waals surface area contributed by atoms with Crippen molar-refractivity contribution in [1.29, 1.82) is 0 Å². The fourth-order valence-corrected chi connectivity index (χ4v) is 3.68. The molecule has 0 amide bonds. The Labute approximate surface area is 136 Å². The van der Waals surface area contributed by atoms with Crippen LogP contribution in [0.2, 0.25) is 0 Å². The van der Waals surface area contributed by atoms with Crippen LogP contribution in [-0.4, -0.2) is 26.3 Å². The van der Waals surface area contributed by atoms with Crippen LogP contribution < -0.4 is 14.2 Å². The molecule has 1 aromatic carbocycles. The van der Waals surface area contributed by atoms with E-state index in [-0.39, 0.29) is 11.7 Å². The minimum Gasteiger partial charge on any atom is -0.454 e. The summed E-state index contributed by atoms with van der Waals surface area (Å²) >= 11 is 0. The molecule has 1 aromatic heterocycles. The Morgan fingerprint density at radius 1 is 1.17 bits per heavy atom. The average Bonchev–Trinajstić information content (AvgIpc) is 3.07. The van der Waals surface area contributed by atoms with Gasteiger partial charge in [-0.15, -0.1) is 0 Å². The van der Waals surface area contributed by atoms with Crippen molar-refractivity contribution in [3.05, 3.63) is 41.2 Å². The Balaban J connectivity index is 1.68. The Hall–Kier alpha value is -1.99. The zero-order valence-electron chi connectivity index (χ0n) is 13.4. The molecule has 0 atom stereocenters. The second-order valence-corrected chi connectivity index (χ2v) is 7.39. The highest BCUT2D eigenvalue weighted by molar-refractivity contribution is 7.89. The van der Waals surface area contributed by atoms with Crippen LogP contribution in [0.5, 0.6) is 11.5 Å². The topological polar surface area (TPSA) is 69.6 Å². The Morgan fingerprint density at radius 2 is 1.91 bits per heavy atom. The lowest BCUT2D eigenvalue weighted by molar-refractivity contribution is 0.174. The number of hydrogen-bond acceptors (Lipinski definition) is 4. The summed E-state index contributed by atoms with van der Waals surface area (Å²) in [5, 5.41) is 0. The lowest BCUT2D eigenvalue weighted by Gasteiger charge is -2.08. The molecule has 3 rings (SSSR count). The Morgan fingerprint density at radius 3 is 2.61 bits per heavy atom. The van der Waals surface area contributed by atoms with Gasteiger partial charge in [0, 0.05) is 31.0 Å². The lowest BCUT2D eigenvalue weighted by atomic mass is 10.2. The number of aryl methyl sites for hydroxylation is 1. The molecule has 0 fully saturated rings. The predicted octanol–water partition coefficient (Wildman–Crippen LogP) is 1.89. The van der Waals surface area contributed by atoms with Crippen LogP contribution in [0.25, 0.3) is 0 Å². The number of benzene rings is 1. The molecule has 0 aliphatic carbocycles. The third-order valence-corrected chi connectivity index (χ3v) is 5.68. The van der Waals surface area contributed by atoms with Crippen LogP contribution in [0.15, 0.2) is 29.2 Å². The first-order chi connectivity index (χ1) is 10.9. The molecule has 0 spiro atoms. The highest BCUT2D eigenvalue weighted by Gasteiger charge is 2.20. The molecule has 1 N–H and O–H groups in total. The second kappa shape index (κ2) is 5.90. The van der Waals surface area contributed by atoms with E-state index in [1.54, 1.807) is 6.07 Å². The van der Waals surface area contributed by atoms with Crippen molar-refractivity contribution in [3.8, 4) is 11.5 Å². The maximum Gasteiger partial charge on any atom is 0.240 e. The van der Waals surface area contributed by atoms with E-state index >= 15 is 0 Å². The fourth-order valence-electron chi connectivity index (χ4n) is 2.63. The molecule has 0 unspecified atom stereocenters. The maximum absolute atomic E-state index is 12.4. The largest absolute Gasteiger partial charge is 0.454 e. The minimum absolute atomic E-state index is 0.124. The summed E-state index contributed by atoms with van der Waals surface area (Å²) in [4.78, 5) is 0.183. The van der Waals surface area contributed by atoms with E-state index in [0.29, 0.717) is 24.5 Å². The zero-order valence-corrected chi connectivity index (χ0v) is 14.2. The summed E-state index contributed by atoms with van der Waals surface area (Å²) in [6.45, 7) is 4.54. The van der Waals surface area contributed by atoms with Crippen molar-refractivity contribution in [2.75, 3.05) is 13.3 Å². The normalized spacial score (nSPS) is 13.5. The van der Waals surface area contributed by atoms with Crippen LogP contribution in [0.1, 0.15) is 17.0 Å². The standard InChI is InChI=1S/C16H20N2O4S/c1-11-8-13(12(2)18(11)3)6-7-17-23(19,20)14-4-5-15-16(9-14)22-10-21-15/h4-5,8-9,17H,6-7,10H2,1-3H3. The molecule has 124 valence electrons. The first kappa shape index (κ1) is 15.9. The molecular weight excluding hydrogens is 316 g/mol.